The number of ether oxygens (including phenoxy) is 1. The highest BCUT2D eigenvalue weighted by molar-refractivity contribution is 6.09. The first-order valence-corrected chi connectivity index (χ1v) is 26.2. The summed E-state index contributed by atoms with van der Waals surface area (Å²) in [5.74, 6) is -4.86. The number of nitriles is 1. The van der Waals surface area contributed by atoms with Crippen LogP contribution in [0.15, 0.2) is 94.1 Å². The van der Waals surface area contributed by atoms with Crippen molar-refractivity contribution in [1.82, 2.24) is 106 Å². The van der Waals surface area contributed by atoms with Gasteiger partial charge in [0.1, 0.15) is 35.0 Å². The Kier molecular flexibility index (Phi) is 18.0. The van der Waals surface area contributed by atoms with Gasteiger partial charge < -0.3 is 46.8 Å². The molecule has 9 aromatic heterocycles. The Morgan fingerprint density at radius 1 is 0.567 bits per heavy atom. The topological polar surface area (TPSA) is 531 Å². The number of carbonyl (C=O) groups is 6. The molecule has 0 fully saturated rings. The Hall–Kier alpha value is -15.3. The van der Waals surface area contributed by atoms with Crippen LogP contribution in [0.3, 0.4) is 0 Å². The lowest BCUT2D eigenvalue weighted by molar-refractivity contribution is 0.0599. The van der Waals surface area contributed by atoms with Crippen LogP contribution in [0.2, 0.25) is 0 Å². The number of carboxylic acid groups (broad SMARTS) is 2. The number of rotatable bonds is 10. The van der Waals surface area contributed by atoms with Gasteiger partial charge in [-0.1, -0.05) is 11.8 Å². The van der Waals surface area contributed by atoms with Crippen LogP contribution in [0, 0.1) is 66.2 Å². The van der Waals surface area contributed by atoms with E-state index in [1.54, 1.807) is 18.2 Å². The molecule has 9 heterocycles. The highest BCUT2D eigenvalue weighted by Crippen LogP contribution is 2.26. The lowest BCUT2D eigenvalue weighted by atomic mass is 10.1. The number of aromatic carboxylic acids is 2. The van der Waals surface area contributed by atoms with Crippen LogP contribution in [0.25, 0.3) is 45.1 Å². The molecule has 4 aromatic carbocycles. The number of tetrazole rings is 4. The van der Waals surface area contributed by atoms with Crippen LogP contribution < -0.4 is 33.0 Å². The number of terminal acetylenes is 2. The zero-order chi connectivity index (χ0) is 69.5. The van der Waals surface area contributed by atoms with E-state index in [4.69, 9.17) is 44.2 Å². The van der Waals surface area contributed by atoms with Crippen LogP contribution in [0.4, 0.5) is 46.0 Å². The van der Waals surface area contributed by atoms with Gasteiger partial charge in [-0.3, -0.25) is 14.4 Å². The maximum absolute atomic E-state index is 13.8. The largest absolute Gasteiger partial charge is 0.478 e. The summed E-state index contributed by atoms with van der Waals surface area (Å²) < 4.78 is 68.4. The van der Waals surface area contributed by atoms with Gasteiger partial charge in [0.05, 0.1) is 79.8 Å². The number of hydrogen-bond acceptors (Lipinski definition) is 29. The van der Waals surface area contributed by atoms with Gasteiger partial charge in [-0.05, 0) is 139 Å². The number of nitrogens with two attached hydrogens (primary N) is 2. The smallest absolute Gasteiger partial charge is 0.347 e. The third kappa shape index (κ3) is 13.7. The number of aryl methyl sites for hydroxylation is 1. The summed E-state index contributed by atoms with van der Waals surface area (Å²) in [6, 6.07) is 18.0. The highest BCUT2D eigenvalue weighted by atomic mass is 19.1. The second-order valence-electron chi connectivity index (χ2n) is 18.9. The molecule has 0 spiro atoms. The van der Waals surface area contributed by atoms with Crippen molar-refractivity contribution >= 4 is 97.6 Å². The number of methoxy groups -OCH3 is 1. The second-order valence-corrected chi connectivity index (χ2v) is 18.9. The molecule has 0 atom stereocenters. The Morgan fingerprint density at radius 3 is 1.58 bits per heavy atom. The first-order chi connectivity index (χ1) is 46.4. The lowest BCUT2D eigenvalue weighted by Crippen LogP contribution is -2.18. The Balaban J connectivity index is 0.000000140. The molecule has 9 N–H and O–H groups in total. The molecule has 0 aliphatic heterocycles. The van der Waals surface area contributed by atoms with E-state index < -0.39 is 75.7 Å². The monoisotopic (exact) mass is 1320 g/mol. The van der Waals surface area contributed by atoms with Crippen molar-refractivity contribution in [2.24, 2.45) is 0 Å². The average Bonchev–Trinajstić information content (AvgIpc) is 1.84. The predicted octanol–water partition coefficient (Wildman–Crippen LogP) is 2.05. The fourth-order valence-electron chi connectivity index (χ4n) is 8.13. The summed E-state index contributed by atoms with van der Waals surface area (Å²) in [4.78, 5) is 87.4. The predicted molar refractivity (Wildman–Crippen MR) is 316 cm³/mol. The van der Waals surface area contributed by atoms with Gasteiger partial charge in [-0.2, -0.15) is 5.26 Å². The van der Waals surface area contributed by atoms with E-state index in [0.29, 0.717) is 17.4 Å². The van der Waals surface area contributed by atoms with E-state index in [-0.39, 0.29) is 107 Å². The standard InChI is InChI=1S/C15H9FN6O3.C14H5FN6O2.C13H7FN8O3.C13H10FN7O3/c1-3-8-6-12(9(7-10(8)16)15(24)25-2)17-14(23)11-4-5-13-18-20-21-22(13)19-11;1-2-7-5-11-8(6-9(7)15)14(22)23-13(16-11)10-3-4-12-17-19-20-21(12)18-10;14-7-2-6(13(24)25)9(1-5(7)4-15)17-12(23)10-3-8(16)11-18-20-21-22(11)19-10;1-5-2-9(6(13(23)24)3-7(5)14)16-12(22)10-4-8(15)11-17-19-20-21(11)18-10/h1,4-7H,2H3,(H,17,23);1,3-6H;1-3H,16H2,(H,17,23)(H,24,25);2-4H,15H2,1H3,(H,16,22)(H,23,24). The molecular formula is C55H31F4N27O11. The molecule has 13 rings (SSSR count). The summed E-state index contributed by atoms with van der Waals surface area (Å²) in [6.07, 6.45) is 10.4. The minimum absolute atomic E-state index is 0.00503. The SMILES string of the molecule is C#Cc1cc(NC(=O)c2ccc3nnnn3n2)c(C(=O)OC)cc1F.C#Cc1cc2nc(-c3ccc4nnnn4n3)oc(=O)c2cc1F.Cc1cc(NC(=O)c2cc(N)c3nnnn3n2)c(C(=O)O)cc1F.N#Cc1cc(NC(=O)c2cc(N)c3nnnn3n2)c(C(=O)O)cc1F. The molecule has 13 aromatic rings. The van der Waals surface area contributed by atoms with Gasteiger partial charge in [0.15, 0.2) is 28.4 Å². The van der Waals surface area contributed by atoms with Crippen molar-refractivity contribution in [2.45, 2.75) is 6.92 Å². The number of hydrogen-bond donors (Lipinski definition) is 7. The quantitative estimate of drug-likeness (QED) is 0.0585. The van der Waals surface area contributed by atoms with Crippen molar-refractivity contribution in [3.8, 4) is 42.3 Å². The first kappa shape index (κ1) is 64.7. The maximum Gasteiger partial charge on any atom is 0.347 e. The van der Waals surface area contributed by atoms with Crippen LogP contribution in [0.5, 0.6) is 0 Å². The number of nitrogen functional groups attached to an aromatic ring is 2. The summed E-state index contributed by atoms with van der Waals surface area (Å²) in [5, 5.41) is 92.4. The normalized spacial score (nSPS) is 10.6. The van der Waals surface area contributed by atoms with E-state index in [1.807, 2.05) is 0 Å². The van der Waals surface area contributed by atoms with Crippen LogP contribution in [0.1, 0.15) is 84.8 Å². The van der Waals surface area contributed by atoms with Gasteiger partial charge in [0, 0.05) is 0 Å². The number of nitrogens with one attached hydrogen (secondary N) is 3. The summed E-state index contributed by atoms with van der Waals surface area (Å²) >= 11 is 0. The van der Waals surface area contributed by atoms with Crippen molar-refractivity contribution in [3.63, 3.8) is 0 Å². The van der Waals surface area contributed by atoms with E-state index in [0.717, 1.165) is 51.3 Å². The lowest BCUT2D eigenvalue weighted by Gasteiger charge is -2.11. The summed E-state index contributed by atoms with van der Waals surface area (Å²) in [7, 11) is 1.13. The molecule has 38 nitrogen and oxygen atoms in total. The Morgan fingerprint density at radius 2 is 1.02 bits per heavy atom. The third-order valence-corrected chi connectivity index (χ3v) is 12.7. The molecule has 42 heteroatoms. The molecule has 0 saturated carbocycles. The number of carboxylic acids is 2. The van der Waals surface area contributed by atoms with Crippen LogP contribution in [-0.2, 0) is 4.74 Å². The zero-order valence-corrected chi connectivity index (χ0v) is 48.3. The fourth-order valence-corrected chi connectivity index (χ4v) is 8.13. The van der Waals surface area contributed by atoms with Gasteiger partial charge in [0.25, 0.3) is 23.6 Å². The Labute approximate surface area is 531 Å². The molecule has 0 aliphatic carbocycles. The maximum atomic E-state index is 13.8. The van der Waals surface area contributed by atoms with E-state index in [9.17, 15) is 51.1 Å². The number of esters is 1. The zero-order valence-electron chi connectivity index (χ0n) is 48.3. The van der Waals surface area contributed by atoms with Crippen LogP contribution in [-0.4, -0.2) is 159 Å². The number of amides is 3. The molecular weight excluding hydrogens is 1290 g/mol. The number of aromatic nitrogens is 21. The highest BCUT2D eigenvalue weighted by Gasteiger charge is 2.24. The fraction of sp³-hybridized carbons (Fsp3) is 0.0364. The second kappa shape index (κ2) is 27.0. The van der Waals surface area contributed by atoms with E-state index in [2.05, 4.69) is 120 Å². The van der Waals surface area contributed by atoms with Crippen molar-refractivity contribution in [2.75, 3.05) is 34.5 Å². The number of fused-ring (bicyclic) bond motifs is 5. The van der Waals surface area contributed by atoms with Gasteiger partial charge in [-0.25, -0.2) is 41.7 Å². The van der Waals surface area contributed by atoms with Gasteiger partial charge in [0.2, 0.25) is 11.3 Å². The number of anilines is 5. The average molecular weight is 1320 g/mol. The number of halogens is 4. The molecule has 0 unspecified atom stereocenters. The first-order valence-electron chi connectivity index (χ1n) is 26.2. The van der Waals surface area contributed by atoms with E-state index in [1.165, 1.54) is 48.0 Å². The third-order valence-electron chi connectivity index (χ3n) is 12.7. The molecule has 0 aliphatic rings. The number of nitrogens with zero attached hydrogens (tertiary/aromatic N) is 22. The van der Waals surface area contributed by atoms with Crippen molar-refractivity contribution in [1.29, 1.82) is 5.26 Å². The number of benzene rings is 4. The van der Waals surface area contributed by atoms with Crippen LogP contribution >= 0.6 is 0 Å². The van der Waals surface area contributed by atoms with Crippen molar-refractivity contribution in [3.05, 3.63) is 175 Å². The minimum Gasteiger partial charge on any atom is -0.478 e. The molecule has 3 amide bonds. The summed E-state index contributed by atoms with van der Waals surface area (Å²) in [5.41, 5.74) is 10.2. The molecule has 0 saturated heterocycles. The molecule has 97 heavy (non-hydrogen) atoms. The molecule has 480 valence electrons. The summed E-state index contributed by atoms with van der Waals surface area (Å²) in [6.45, 7) is 1.44. The van der Waals surface area contributed by atoms with Gasteiger partial charge >= 0.3 is 23.5 Å². The molecule has 0 radical (unpaired) electrons. The Bertz CT molecular complexity index is 5640. The van der Waals surface area contributed by atoms with Gasteiger partial charge in [-0.15, -0.1) is 72.2 Å². The molecule has 0 bridgehead atoms. The number of carbonyl (C=O) groups excluding carboxylic acids is 4. The minimum atomic E-state index is -1.48. The van der Waals surface area contributed by atoms with Crippen molar-refractivity contribution < 1.29 is 65.7 Å². The van der Waals surface area contributed by atoms with E-state index >= 15 is 0 Å².